The van der Waals surface area contributed by atoms with Gasteiger partial charge in [-0.2, -0.15) is 0 Å². The van der Waals surface area contributed by atoms with Crippen LogP contribution in [0.2, 0.25) is 0 Å². The molecule has 0 saturated carbocycles. The highest BCUT2D eigenvalue weighted by atomic mass is 32.1. The number of para-hydroxylation sites is 2. The first kappa shape index (κ1) is 22.4. The molecule has 0 spiro atoms. The number of carbonyl (C=O) groups excluding carboxylic acids is 1. The van der Waals surface area contributed by atoms with Gasteiger partial charge in [-0.05, 0) is 60.5 Å². The van der Waals surface area contributed by atoms with Crippen molar-refractivity contribution in [3.63, 3.8) is 0 Å². The van der Waals surface area contributed by atoms with Crippen LogP contribution in [0.5, 0.6) is 11.5 Å². The second-order valence-corrected chi connectivity index (χ2v) is 10.4. The van der Waals surface area contributed by atoms with Crippen LogP contribution >= 0.6 is 11.3 Å². The number of rotatable bonds is 5. The van der Waals surface area contributed by atoms with E-state index in [0.29, 0.717) is 13.2 Å². The molecule has 4 heterocycles. The van der Waals surface area contributed by atoms with E-state index in [9.17, 15) is 4.79 Å². The van der Waals surface area contributed by atoms with E-state index in [1.54, 1.807) is 11.3 Å². The quantitative estimate of drug-likeness (QED) is 0.528. The lowest BCUT2D eigenvalue weighted by atomic mass is 9.89. The van der Waals surface area contributed by atoms with E-state index < -0.39 is 0 Å². The predicted octanol–water partition coefficient (Wildman–Crippen LogP) is 4.63. The molecule has 182 valence electrons. The minimum Gasteiger partial charge on any atom is -0.486 e. The maximum Gasteiger partial charge on any atom is 0.192 e. The Bertz CT molecular complexity index is 1220. The number of fused-ring (bicyclic) bond motifs is 2. The molecule has 1 N–H and O–H groups in total. The molecule has 2 atom stereocenters. The van der Waals surface area contributed by atoms with Crippen LogP contribution in [0.1, 0.15) is 27.2 Å². The smallest absolute Gasteiger partial charge is 0.192 e. The third-order valence-electron chi connectivity index (χ3n) is 7.41. The number of anilines is 2. The molecule has 6 nitrogen and oxygen atoms in total. The first-order valence-electron chi connectivity index (χ1n) is 12.5. The topological polar surface area (TPSA) is 54.0 Å². The van der Waals surface area contributed by atoms with Gasteiger partial charge in [-0.3, -0.25) is 9.69 Å². The summed E-state index contributed by atoms with van der Waals surface area (Å²) in [6, 6.07) is 16.6. The van der Waals surface area contributed by atoms with Crippen molar-refractivity contribution in [2.75, 3.05) is 49.6 Å². The van der Waals surface area contributed by atoms with Gasteiger partial charge in [0.2, 0.25) is 0 Å². The molecule has 2 aromatic carbocycles. The van der Waals surface area contributed by atoms with Crippen LogP contribution in [0.3, 0.4) is 0 Å². The molecule has 35 heavy (non-hydrogen) atoms. The van der Waals surface area contributed by atoms with E-state index >= 15 is 0 Å². The monoisotopic (exact) mass is 489 g/mol. The number of thiophene rings is 1. The van der Waals surface area contributed by atoms with Crippen molar-refractivity contribution in [3.05, 3.63) is 69.9 Å². The summed E-state index contributed by atoms with van der Waals surface area (Å²) < 4.78 is 11.8. The Morgan fingerprint density at radius 2 is 1.86 bits per heavy atom. The molecule has 0 radical (unpaired) electrons. The molecular weight excluding hydrogens is 458 g/mol. The van der Waals surface area contributed by atoms with E-state index in [4.69, 9.17) is 9.47 Å². The molecule has 2 unspecified atom stereocenters. The molecule has 1 aromatic heterocycles. The number of nitrogens with zero attached hydrogens (tertiary/aromatic N) is 2. The Morgan fingerprint density at radius 3 is 2.69 bits per heavy atom. The molecule has 0 aliphatic carbocycles. The zero-order chi connectivity index (χ0) is 23.8. The molecular formula is C28H31N3O3S. The number of aryl methyl sites for hydroxylation is 2. The van der Waals surface area contributed by atoms with Crippen LogP contribution in [0, 0.1) is 6.92 Å². The summed E-state index contributed by atoms with van der Waals surface area (Å²) in [5.41, 5.74) is 4.66. The molecule has 1 fully saturated rings. The van der Waals surface area contributed by atoms with Crippen LogP contribution in [-0.2, 0) is 6.42 Å². The van der Waals surface area contributed by atoms with Crippen molar-refractivity contribution in [2.24, 2.45) is 0 Å². The molecule has 7 heteroatoms. The summed E-state index contributed by atoms with van der Waals surface area (Å²) in [7, 11) is 0. The number of ketones is 1. The summed E-state index contributed by atoms with van der Waals surface area (Å²) in [5, 5.41) is 5.76. The van der Waals surface area contributed by atoms with Gasteiger partial charge < -0.3 is 19.7 Å². The van der Waals surface area contributed by atoms with Gasteiger partial charge in [-0.1, -0.05) is 24.3 Å². The highest BCUT2D eigenvalue weighted by Crippen LogP contribution is 2.40. The average molecular weight is 490 g/mol. The van der Waals surface area contributed by atoms with Gasteiger partial charge in [0.25, 0.3) is 0 Å². The van der Waals surface area contributed by atoms with Gasteiger partial charge in [0, 0.05) is 37.9 Å². The second-order valence-electron chi connectivity index (χ2n) is 9.51. The summed E-state index contributed by atoms with van der Waals surface area (Å²) >= 11 is 1.57. The number of nitrogens with one attached hydrogen (secondary N) is 1. The number of benzene rings is 2. The van der Waals surface area contributed by atoms with Crippen LogP contribution in [-0.4, -0.2) is 62.2 Å². The lowest BCUT2D eigenvalue weighted by molar-refractivity contribution is 0.0774. The van der Waals surface area contributed by atoms with Gasteiger partial charge in [0.1, 0.15) is 13.2 Å². The molecule has 3 aliphatic rings. The number of Topliss-reactive ketones (excluding diaryl/α,β-unsaturated/α-hetero) is 1. The Hall–Kier alpha value is -3.03. The van der Waals surface area contributed by atoms with Crippen molar-refractivity contribution in [1.82, 2.24) is 4.90 Å². The van der Waals surface area contributed by atoms with Crippen LogP contribution in [0.4, 0.5) is 11.4 Å². The van der Waals surface area contributed by atoms with Crippen molar-refractivity contribution in [2.45, 2.75) is 31.8 Å². The third kappa shape index (κ3) is 4.28. The van der Waals surface area contributed by atoms with E-state index in [1.807, 2.05) is 24.4 Å². The summed E-state index contributed by atoms with van der Waals surface area (Å²) in [4.78, 5) is 19.6. The van der Waals surface area contributed by atoms with E-state index in [2.05, 4.69) is 51.5 Å². The Balaban J connectivity index is 1.24. The predicted molar refractivity (Wildman–Crippen MR) is 141 cm³/mol. The molecule has 1 saturated heterocycles. The molecule has 3 aromatic rings. The van der Waals surface area contributed by atoms with Crippen LogP contribution < -0.4 is 19.7 Å². The van der Waals surface area contributed by atoms with E-state index in [0.717, 1.165) is 72.3 Å². The van der Waals surface area contributed by atoms with Crippen LogP contribution in [0.25, 0.3) is 0 Å². The largest absolute Gasteiger partial charge is 0.486 e. The fraction of sp³-hybridized carbons (Fsp3) is 0.393. The number of carbonyl (C=O) groups is 1. The van der Waals surface area contributed by atoms with Crippen molar-refractivity contribution >= 4 is 28.5 Å². The van der Waals surface area contributed by atoms with Gasteiger partial charge in [0.05, 0.1) is 16.6 Å². The SMILES string of the molecule is Cc1ccsc1C(=O)C(C1CCc2ccccc2N1)N1CCN(c2cccc3c2OCCO3)CC1. The summed E-state index contributed by atoms with van der Waals surface area (Å²) in [6.07, 6.45) is 1.95. The van der Waals surface area contributed by atoms with Gasteiger partial charge >= 0.3 is 0 Å². The van der Waals surface area contributed by atoms with E-state index in [-0.39, 0.29) is 17.9 Å². The highest BCUT2D eigenvalue weighted by molar-refractivity contribution is 7.12. The first-order chi connectivity index (χ1) is 17.2. The van der Waals surface area contributed by atoms with E-state index in [1.165, 1.54) is 5.56 Å². The Morgan fingerprint density at radius 1 is 1.03 bits per heavy atom. The summed E-state index contributed by atoms with van der Waals surface area (Å²) in [6.45, 7) is 6.55. The molecule has 3 aliphatic heterocycles. The molecule has 6 rings (SSSR count). The lowest BCUT2D eigenvalue weighted by Crippen LogP contribution is -2.58. The Labute approximate surface area is 210 Å². The normalized spacial score (nSPS) is 20.6. The van der Waals surface area contributed by atoms with Crippen molar-refractivity contribution in [3.8, 4) is 11.5 Å². The minimum absolute atomic E-state index is 0.0895. The maximum atomic E-state index is 14.0. The minimum atomic E-state index is -0.188. The Kier molecular flexibility index (Phi) is 6.12. The maximum absolute atomic E-state index is 14.0. The fourth-order valence-corrected chi connectivity index (χ4v) is 6.51. The first-order valence-corrected chi connectivity index (χ1v) is 13.4. The standard InChI is InChI=1S/C28H31N3O3S/c1-19-11-18-35-28(19)26(32)25(22-10-9-20-5-2-3-6-21(20)29-22)31-14-12-30(13-15-31)23-7-4-8-24-27(23)34-17-16-33-24/h2-8,11,18,22,25,29H,9-10,12-17H2,1H3. The number of piperazine rings is 1. The number of ether oxygens (including phenoxy) is 2. The highest BCUT2D eigenvalue weighted by Gasteiger charge is 2.38. The zero-order valence-corrected chi connectivity index (χ0v) is 20.9. The number of hydrogen-bond acceptors (Lipinski definition) is 7. The van der Waals surface area contributed by atoms with Gasteiger partial charge in [0.15, 0.2) is 17.3 Å². The van der Waals surface area contributed by atoms with Crippen molar-refractivity contribution < 1.29 is 14.3 Å². The molecule has 0 amide bonds. The zero-order valence-electron chi connectivity index (χ0n) is 20.0. The second kappa shape index (κ2) is 9.55. The third-order valence-corrected chi connectivity index (χ3v) is 8.44. The molecule has 0 bridgehead atoms. The summed E-state index contributed by atoms with van der Waals surface area (Å²) in [5.74, 6) is 1.92. The number of hydrogen-bond donors (Lipinski definition) is 1. The van der Waals surface area contributed by atoms with Gasteiger partial charge in [-0.15, -0.1) is 11.3 Å². The van der Waals surface area contributed by atoms with Crippen LogP contribution in [0.15, 0.2) is 53.9 Å². The lowest BCUT2D eigenvalue weighted by Gasteiger charge is -2.44. The average Bonchev–Trinajstić information content (AvgIpc) is 3.34. The fourth-order valence-electron chi connectivity index (χ4n) is 5.61. The van der Waals surface area contributed by atoms with Gasteiger partial charge in [-0.25, -0.2) is 0 Å². The van der Waals surface area contributed by atoms with Crippen molar-refractivity contribution in [1.29, 1.82) is 0 Å².